The molecule has 0 saturated heterocycles. The Morgan fingerprint density at radius 3 is 2.35 bits per heavy atom. The van der Waals surface area contributed by atoms with Crippen LogP contribution in [0.5, 0.6) is 11.5 Å². The second kappa shape index (κ2) is 9.91. The van der Waals surface area contributed by atoms with Gasteiger partial charge in [0.25, 0.3) is 5.91 Å². The molecular formula is C26H27N3O5. The number of nitrogens with zero attached hydrogens (tertiary/aromatic N) is 2. The molecule has 0 aliphatic heterocycles. The summed E-state index contributed by atoms with van der Waals surface area (Å²) in [5, 5.41) is 11.8. The first-order valence-corrected chi connectivity index (χ1v) is 11.4. The van der Waals surface area contributed by atoms with E-state index in [4.69, 9.17) is 15.2 Å². The molecular weight excluding hydrogens is 434 g/mol. The molecule has 0 aliphatic rings. The number of fused-ring (bicyclic) bond motifs is 4. The van der Waals surface area contributed by atoms with Crippen LogP contribution in [-0.4, -0.2) is 40.7 Å². The highest BCUT2D eigenvalue weighted by molar-refractivity contribution is 6.19. The van der Waals surface area contributed by atoms with Crippen molar-refractivity contribution in [3.63, 3.8) is 0 Å². The fourth-order valence-corrected chi connectivity index (χ4v) is 4.10. The third-order valence-electron chi connectivity index (χ3n) is 5.84. The third kappa shape index (κ3) is 4.31. The van der Waals surface area contributed by atoms with Crippen LogP contribution in [0.3, 0.4) is 0 Å². The number of hydrogen-bond acceptors (Lipinski definition) is 7. The molecule has 0 unspecified atom stereocenters. The van der Waals surface area contributed by atoms with Gasteiger partial charge in [0.2, 0.25) is 0 Å². The Balaban J connectivity index is 1.80. The lowest BCUT2D eigenvalue weighted by molar-refractivity contribution is 0.0494. The highest BCUT2D eigenvalue weighted by atomic mass is 16.5. The molecule has 1 aromatic heterocycles. The van der Waals surface area contributed by atoms with E-state index in [2.05, 4.69) is 16.9 Å². The molecule has 0 atom stereocenters. The first-order chi connectivity index (χ1) is 16.5. The van der Waals surface area contributed by atoms with Gasteiger partial charge in [-0.2, -0.15) is 0 Å². The largest absolute Gasteiger partial charge is 0.506 e. The third-order valence-corrected chi connectivity index (χ3v) is 5.84. The summed E-state index contributed by atoms with van der Waals surface area (Å²) in [4.78, 5) is 34.2. The zero-order chi connectivity index (χ0) is 24.2. The minimum Gasteiger partial charge on any atom is -0.506 e. The second-order valence-corrected chi connectivity index (χ2v) is 8.15. The van der Waals surface area contributed by atoms with Crippen molar-refractivity contribution >= 4 is 44.7 Å². The lowest BCUT2D eigenvalue weighted by Crippen LogP contribution is -2.13. The highest BCUT2D eigenvalue weighted by Gasteiger charge is 2.22. The lowest BCUT2D eigenvalue weighted by Gasteiger charge is -2.13. The minimum atomic E-state index is -0.821. The van der Waals surface area contributed by atoms with Crippen molar-refractivity contribution in [2.75, 3.05) is 13.7 Å². The molecule has 8 heteroatoms. The zero-order valence-corrected chi connectivity index (χ0v) is 19.3. The van der Waals surface area contributed by atoms with Gasteiger partial charge in [-0.25, -0.2) is 14.8 Å². The number of methoxy groups -OCH3 is 1. The van der Waals surface area contributed by atoms with Crippen molar-refractivity contribution in [1.29, 1.82) is 0 Å². The zero-order valence-electron chi connectivity index (χ0n) is 19.3. The number of aromatic hydroxyl groups is 1. The van der Waals surface area contributed by atoms with Gasteiger partial charge in [0.1, 0.15) is 28.1 Å². The summed E-state index contributed by atoms with van der Waals surface area (Å²) in [7, 11) is 1.47. The predicted molar refractivity (Wildman–Crippen MR) is 130 cm³/mol. The summed E-state index contributed by atoms with van der Waals surface area (Å²) < 4.78 is 10.9. The van der Waals surface area contributed by atoms with E-state index in [1.54, 1.807) is 30.3 Å². The van der Waals surface area contributed by atoms with Crippen molar-refractivity contribution < 1.29 is 24.2 Å². The van der Waals surface area contributed by atoms with Gasteiger partial charge < -0.3 is 20.3 Å². The molecule has 3 aromatic carbocycles. The molecule has 0 saturated carbocycles. The number of amides is 1. The van der Waals surface area contributed by atoms with Crippen LogP contribution in [0.15, 0.2) is 36.4 Å². The maximum atomic E-state index is 12.8. The molecule has 1 amide bonds. The van der Waals surface area contributed by atoms with E-state index >= 15 is 0 Å². The number of aromatic nitrogens is 2. The molecule has 4 rings (SSSR count). The van der Waals surface area contributed by atoms with Gasteiger partial charge in [-0.1, -0.05) is 56.9 Å². The van der Waals surface area contributed by atoms with Crippen LogP contribution in [0.2, 0.25) is 0 Å². The molecule has 0 bridgehead atoms. The molecule has 1 heterocycles. The number of esters is 1. The van der Waals surface area contributed by atoms with Crippen LogP contribution >= 0.6 is 0 Å². The summed E-state index contributed by atoms with van der Waals surface area (Å²) in [6, 6.07) is 10.2. The topological polar surface area (TPSA) is 125 Å². The van der Waals surface area contributed by atoms with Crippen LogP contribution in [0, 0.1) is 0 Å². The Labute approximate surface area is 196 Å². The van der Waals surface area contributed by atoms with Crippen LogP contribution < -0.4 is 10.5 Å². The molecule has 0 fully saturated rings. The number of unbranched alkanes of at least 4 members (excludes halogenated alkanes) is 4. The number of nitrogens with two attached hydrogens (primary N) is 1. The van der Waals surface area contributed by atoms with Gasteiger partial charge in [-0.15, -0.1) is 0 Å². The van der Waals surface area contributed by atoms with Crippen LogP contribution in [0.1, 0.15) is 59.7 Å². The number of hydrogen-bond donors (Lipinski definition) is 2. The summed E-state index contributed by atoms with van der Waals surface area (Å²) in [6.07, 6.45) is 5.22. The molecule has 3 N–H and O–H groups in total. The molecule has 0 radical (unpaired) electrons. The average Bonchev–Trinajstić information content (AvgIpc) is 2.84. The van der Waals surface area contributed by atoms with Gasteiger partial charge in [0.05, 0.1) is 30.3 Å². The predicted octanol–water partition coefficient (Wildman–Crippen LogP) is 4.88. The van der Waals surface area contributed by atoms with Crippen molar-refractivity contribution in [1.82, 2.24) is 9.97 Å². The van der Waals surface area contributed by atoms with Crippen LogP contribution in [0.4, 0.5) is 0 Å². The smallest absolute Gasteiger partial charge is 0.341 e. The molecule has 176 valence electrons. The maximum absolute atomic E-state index is 12.8. The minimum absolute atomic E-state index is 0.116. The van der Waals surface area contributed by atoms with Crippen molar-refractivity contribution in [3.8, 4) is 11.5 Å². The van der Waals surface area contributed by atoms with Gasteiger partial charge in [0.15, 0.2) is 0 Å². The van der Waals surface area contributed by atoms with Gasteiger partial charge in [0, 0.05) is 16.8 Å². The number of ether oxygens (including phenoxy) is 2. The molecule has 0 spiro atoms. The monoisotopic (exact) mass is 461 g/mol. The van der Waals surface area contributed by atoms with Crippen LogP contribution in [0.25, 0.3) is 32.8 Å². The first kappa shape index (κ1) is 23.2. The van der Waals surface area contributed by atoms with E-state index in [1.807, 2.05) is 0 Å². The summed E-state index contributed by atoms with van der Waals surface area (Å²) in [6.45, 7) is 2.47. The summed E-state index contributed by atoms with van der Waals surface area (Å²) >= 11 is 0. The molecule has 0 aliphatic carbocycles. The fourth-order valence-electron chi connectivity index (χ4n) is 4.10. The van der Waals surface area contributed by atoms with Crippen molar-refractivity contribution in [2.45, 2.75) is 39.0 Å². The number of carbonyl (C=O) groups excluding carboxylic acids is 2. The second-order valence-electron chi connectivity index (χ2n) is 8.15. The summed E-state index contributed by atoms with van der Waals surface area (Å²) in [5.41, 5.74) is 7.06. The molecule has 34 heavy (non-hydrogen) atoms. The van der Waals surface area contributed by atoms with E-state index in [0.717, 1.165) is 32.1 Å². The van der Waals surface area contributed by atoms with E-state index in [1.165, 1.54) is 13.2 Å². The normalized spacial score (nSPS) is 11.2. The Bertz CT molecular complexity index is 1400. The molecule has 8 nitrogen and oxygen atoms in total. The van der Waals surface area contributed by atoms with Crippen molar-refractivity contribution in [2.24, 2.45) is 5.73 Å². The number of carbonyl (C=O) groups is 2. The van der Waals surface area contributed by atoms with Crippen LogP contribution in [-0.2, 0) is 4.74 Å². The maximum Gasteiger partial charge on any atom is 0.341 e. The Morgan fingerprint density at radius 2 is 1.65 bits per heavy atom. The average molecular weight is 462 g/mol. The number of primary amides is 1. The van der Waals surface area contributed by atoms with E-state index in [0.29, 0.717) is 39.7 Å². The standard InChI is InChI=1S/C26H27N3O5/c1-3-4-5-6-9-12-34-26(32)17-13-18-19(14-20(17)33-2)28-22-15-10-7-8-11-16(15)24(30)21(25(27)31)23(22)29-18/h7-8,10-11,13-14,30H,3-6,9,12H2,1-2H3,(H2,27,31). The Morgan fingerprint density at radius 1 is 0.971 bits per heavy atom. The Kier molecular flexibility index (Phi) is 6.77. The van der Waals surface area contributed by atoms with E-state index < -0.39 is 11.9 Å². The lowest BCUT2D eigenvalue weighted by atomic mass is 10.0. The number of phenols is 1. The molecule has 4 aromatic rings. The van der Waals surface area contributed by atoms with E-state index in [9.17, 15) is 14.7 Å². The highest BCUT2D eigenvalue weighted by Crippen LogP contribution is 2.37. The first-order valence-electron chi connectivity index (χ1n) is 11.4. The fraction of sp³-hybridized carbons (Fsp3) is 0.308. The van der Waals surface area contributed by atoms with Gasteiger partial charge >= 0.3 is 5.97 Å². The van der Waals surface area contributed by atoms with Gasteiger partial charge in [-0.05, 0) is 12.5 Å². The quantitative estimate of drug-likeness (QED) is 0.158. The summed E-state index contributed by atoms with van der Waals surface area (Å²) in [5.74, 6) is -1.28. The number of rotatable bonds is 9. The van der Waals surface area contributed by atoms with Gasteiger partial charge in [-0.3, -0.25) is 4.79 Å². The SMILES string of the molecule is CCCCCCCOC(=O)c1cc2nc3c(C(N)=O)c(O)c4ccccc4c3nc2cc1OC. The number of benzene rings is 3. The van der Waals surface area contributed by atoms with E-state index in [-0.39, 0.29) is 22.4 Å². The van der Waals surface area contributed by atoms with Crippen molar-refractivity contribution in [3.05, 3.63) is 47.5 Å². The Hall–Kier alpha value is -3.94.